The number of nitrogens with one attached hydrogen (secondary N) is 2. The van der Waals surface area contributed by atoms with Crippen LogP contribution in [0, 0.1) is 5.92 Å². The lowest BCUT2D eigenvalue weighted by Crippen LogP contribution is -2.71. The van der Waals surface area contributed by atoms with Gasteiger partial charge in [-0.05, 0) is 18.0 Å². The molecule has 5 aliphatic heterocycles. The number of rotatable bonds is 5. The summed E-state index contributed by atoms with van der Waals surface area (Å²) in [5.74, 6) is 0.192. The van der Waals surface area contributed by atoms with Crippen molar-refractivity contribution in [2.24, 2.45) is 10.9 Å². The molecule has 2 fully saturated rings. The number of aromatic nitrogens is 1. The maximum atomic E-state index is 6.32. The molecule has 1 aromatic rings. The van der Waals surface area contributed by atoms with Gasteiger partial charge in [-0.3, -0.25) is 10.2 Å². The molecule has 1 aromatic heterocycles. The van der Waals surface area contributed by atoms with Crippen molar-refractivity contribution >= 4 is 5.90 Å². The molecule has 3 atom stereocenters. The molecule has 2 saturated heterocycles. The van der Waals surface area contributed by atoms with E-state index in [0.29, 0.717) is 44.5 Å². The predicted octanol–water partition coefficient (Wildman–Crippen LogP) is 0.226. The van der Waals surface area contributed by atoms with Crippen molar-refractivity contribution in [3.8, 4) is 0 Å². The molecule has 0 radical (unpaired) electrons. The Morgan fingerprint density at radius 3 is 2.88 bits per heavy atom. The van der Waals surface area contributed by atoms with Gasteiger partial charge in [-0.15, -0.1) is 0 Å². The molecule has 3 unspecified atom stereocenters. The van der Waals surface area contributed by atoms with Crippen LogP contribution in [0.3, 0.4) is 0 Å². The summed E-state index contributed by atoms with van der Waals surface area (Å²) >= 11 is 0. The molecule has 0 aliphatic carbocycles. The molecule has 2 N–H and O–H groups in total. The van der Waals surface area contributed by atoms with Crippen LogP contribution in [-0.4, -0.2) is 78.6 Å². The summed E-state index contributed by atoms with van der Waals surface area (Å²) in [6.45, 7) is 4.51. The van der Waals surface area contributed by atoms with Crippen molar-refractivity contribution in [1.82, 2.24) is 31.3 Å². The lowest BCUT2D eigenvalue weighted by molar-refractivity contribution is -0.416. The van der Waals surface area contributed by atoms with E-state index in [9.17, 15) is 0 Å². The Hall–Kier alpha value is -2.48. The van der Waals surface area contributed by atoms with Crippen LogP contribution in [0.15, 0.2) is 46.0 Å². The standard InChI is InChI=1S/C20H27N7O5/c1-2-9-26(23-5-1)27-20(16-4-11-30-24-16,25-8-3-10-31-25)17(19-22-7-13-29-19)15(14-32-27)18-21-6-12-28-18/h2,4,9,11,14,17,19,22-23H,1,3,5-8,10,12-13H2. The highest BCUT2D eigenvalue weighted by atomic mass is 16.8. The SMILES string of the molecule is C1=CN(N2OC=C(C3=NCCO3)C(C3NCCO3)C2(c2ccon2)N2CCCO2)NCC1. The van der Waals surface area contributed by atoms with E-state index in [1.165, 1.54) is 0 Å². The topological polar surface area (TPSA) is 109 Å². The molecule has 6 rings (SSSR count). The van der Waals surface area contributed by atoms with E-state index < -0.39 is 5.66 Å². The smallest absolute Gasteiger partial charge is 0.215 e. The molecular formula is C20H27N7O5. The fraction of sp³-hybridized carbons (Fsp3) is 0.600. The summed E-state index contributed by atoms with van der Waals surface area (Å²) in [6.07, 6.45) is 8.72. The van der Waals surface area contributed by atoms with E-state index >= 15 is 0 Å². The second-order valence-corrected chi connectivity index (χ2v) is 8.04. The van der Waals surface area contributed by atoms with Crippen molar-refractivity contribution in [2.75, 3.05) is 46.0 Å². The molecular weight excluding hydrogens is 418 g/mol. The largest absolute Gasteiger partial charge is 0.476 e. The molecule has 0 amide bonds. The molecule has 0 bridgehead atoms. The molecule has 32 heavy (non-hydrogen) atoms. The third-order valence-electron chi connectivity index (χ3n) is 6.19. The summed E-state index contributed by atoms with van der Waals surface area (Å²) < 4.78 is 17.4. The van der Waals surface area contributed by atoms with Gasteiger partial charge < -0.3 is 18.8 Å². The Bertz CT molecular complexity index is 894. The predicted molar refractivity (Wildman–Crippen MR) is 110 cm³/mol. The van der Waals surface area contributed by atoms with Crippen LogP contribution in [0.2, 0.25) is 0 Å². The quantitative estimate of drug-likeness (QED) is 0.650. The Morgan fingerprint density at radius 2 is 2.19 bits per heavy atom. The number of ether oxygens (including phenoxy) is 2. The zero-order valence-corrected chi connectivity index (χ0v) is 17.7. The van der Waals surface area contributed by atoms with Crippen LogP contribution in [0.5, 0.6) is 0 Å². The van der Waals surface area contributed by atoms with Gasteiger partial charge in [-0.1, -0.05) is 11.2 Å². The zero-order valence-electron chi connectivity index (χ0n) is 17.7. The van der Waals surface area contributed by atoms with Crippen molar-refractivity contribution in [3.63, 3.8) is 0 Å². The van der Waals surface area contributed by atoms with Gasteiger partial charge in [-0.2, -0.15) is 5.06 Å². The van der Waals surface area contributed by atoms with Gasteiger partial charge in [0.2, 0.25) is 11.6 Å². The number of hydroxylamine groups is 3. The van der Waals surface area contributed by atoms with E-state index in [4.69, 9.17) is 23.7 Å². The summed E-state index contributed by atoms with van der Waals surface area (Å²) in [7, 11) is 0. The van der Waals surface area contributed by atoms with Crippen LogP contribution in [0.25, 0.3) is 0 Å². The molecule has 12 heteroatoms. The van der Waals surface area contributed by atoms with E-state index in [1.807, 2.05) is 22.4 Å². The van der Waals surface area contributed by atoms with Gasteiger partial charge in [0.25, 0.3) is 0 Å². The first kappa shape index (κ1) is 20.1. The Balaban J connectivity index is 1.56. The lowest BCUT2D eigenvalue weighted by Gasteiger charge is -2.55. The Labute approximate surface area is 185 Å². The van der Waals surface area contributed by atoms with Crippen molar-refractivity contribution in [2.45, 2.75) is 24.7 Å². The van der Waals surface area contributed by atoms with Gasteiger partial charge in [0, 0.05) is 31.9 Å². The van der Waals surface area contributed by atoms with E-state index in [2.05, 4.69) is 27.0 Å². The van der Waals surface area contributed by atoms with Crippen LogP contribution in [-0.2, 0) is 24.8 Å². The van der Waals surface area contributed by atoms with Crippen LogP contribution in [0.1, 0.15) is 18.5 Å². The highest BCUT2D eigenvalue weighted by Crippen LogP contribution is 2.50. The van der Waals surface area contributed by atoms with Gasteiger partial charge in [0.05, 0.1) is 31.2 Å². The summed E-state index contributed by atoms with van der Waals surface area (Å²) in [4.78, 5) is 17.1. The first-order chi connectivity index (χ1) is 15.9. The second-order valence-electron chi connectivity index (χ2n) is 8.04. The normalized spacial score (nSPS) is 33.8. The molecule has 6 heterocycles. The van der Waals surface area contributed by atoms with Gasteiger partial charge in [0.15, 0.2) is 0 Å². The first-order valence-electron chi connectivity index (χ1n) is 11.1. The molecule has 0 aromatic carbocycles. The third-order valence-corrected chi connectivity index (χ3v) is 6.19. The lowest BCUT2D eigenvalue weighted by atomic mass is 9.80. The minimum absolute atomic E-state index is 0.353. The van der Waals surface area contributed by atoms with Crippen molar-refractivity contribution in [1.29, 1.82) is 0 Å². The molecule has 0 saturated carbocycles. The highest BCUT2D eigenvalue weighted by Gasteiger charge is 2.64. The average Bonchev–Trinajstić information content (AvgIpc) is 3.67. The Kier molecular flexibility index (Phi) is 5.33. The van der Waals surface area contributed by atoms with Gasteiger partial charge >= 0.3 is 0 Å². The van der Waals surface area contributed by atoms with E-state index in [-0.39, 0.29) is 12.1 Å². The molecule has 0 spiro atoms. The number of hydrogen-bond donors (Lipinski definition) is 2. The molecule has 5 aliphatic rings. The van der Waals surface area contributed by atoms with Crippen LogP contribution in [0.4, 0.5) is 0 Å². The Morgan fingerprint density at radius 1 is 1.19 bits per heavy atom. The summed E-state index contributed by atoms with van der Waals surface area (Å²) in [5.41, 5.74) is 3.73. The minimum Gasteiger partial charge on any atom is -0.476 e. The first-order valence-corrected chi connectivity index (χ1v) is 11.1. The fourth-order valence-electron chi connectivity index (χ4n) is 4.91. The molecule has 172 valence electrons. The van der Waals surface area contributed by atoms with E-state index in [0.717, 1.165) is 31.5 Å². The zero-order chi connectivity index (χ0) is 21.4. The fourth-order valence-corrected chi connectivity index (χ4v) is 4.91. The molecule has 12 nitrogen and oxygen atoms in total. The van der Waals surface area contributed by atoms with Gasteiger partial charge in [0.1, 0.15) is 31.1 Å². The van der Waals surface area contributed by atoms with E-state index in [1.54, 1.807) is 17.7 Å². The maximum absolute atomic E-state index is 6.32. The number of nitrogens with zero attached hydrogens (tertiary/aromatic N) is 5. The second kappa shape index (κ2) is 8.46. The van der Waals surface area contributed by atoms with Crippen LogP contribution >= 0.6 is 0 Å². The van der Waals surface area contributed by atoms with Crippen molar-refractivity contribution < 1.29 is 23.7 Å². The van der Waals surface area contributed by atoms with Gasteiger partial charge in [-0.25, -0.2) is 15.5 Å². The summed E-state index contributed by atoms with van der Waals surface area (Å²) in [6, 6.07) is 1.84. The highest BCUT2D eigenvalue weighted by molar-refractivity contribution is 5.95. The maximum Gasteiger partial charge on any atom is 0.215 e. The van der Waals surface area contributed by atoms with Crippen LogP contribution < -0.4 is 10.7 Å². The number of hydrazine groups is 2. The number of aliphatic imine (C=N–C) groups is 1. The number of hydrogen-bond acceptors (Lipinski definition) is 12. The minimum atomic E-state index is -1.07. The van der Waals surface area contributed by atoms with Crippen molar-refractivity contribution in [3.05, 3.63) is 42.1 Å². The summed E-state index contributed by atoms with van der Waals surface area (Å²) in [5, 5.41) is 13.4. The average molecular weight is 445 g/mol. The monoisotopic (exact) mass is 445 g/mol. The third kappa shape index (κ3) is 3.14.